The minimum Gasteiger partial charge on any atom is -0.755 e. The number of carbonyl (C=O) groups excluding carboxylic acids is 2. The smallest absolute Gasteiger partial charge is 0.240 e. The van der Waals surface area contributed by atoms with Crippen LogP contribution in [0.25, 0.3) is 0 Å². The summed E-state index contributed by atoms with van der Waals surface area (Å²) in [5, 5.41) is 9.40. The van der Waals surface area contributed by atoms with E-state index in [1.54, 1.807) is 17.0 Å². The van der Waals surface area contributed by atoms with Gasteiger partial charge in [0, 0.05) is 48.0 Å². The van der Waals surface area contributed by atoms with Crippen molar-refractivity contribution in [3.8, 4) is 6.07 Å². The molecule has 4 fully saturated rings. The largest absolute Gasteiger partial charge is 0.755 e. The predicted octanol–water partition coefficient (Wildman–Crippen LogP) is 1.39. The summed E-state index contributed by atoms with van der Waals surface area (Å²) in [4.78, 5) is 32.2. The van der Waals surface area contributed by atoms with E-state index in [1.165, 1.54) is 0 Å². The molecule has 3 saturated heterocycles. The summed E-state index contributed by atoms with van der Waals surface area (Å²) < 4.78 is 23.9. The number of hydrogen-bond donors (Lipinski definition) is 1. The summed E-state index contributed by atoms with van der Waals surface area (Å²) in [6, 6.07) is 9.05. The lowest BCUT2D eigenvalue weighted by atomic mass is 10.0. The van der Waals surface area contributed by atoms with E-state index in [4.69, 9.17) is 0 Å². The molecule has 1 N–H and O–H groups in total. The van der Waals surface area contributed by atoms with Gasteiger partial charge in [-0.3, -0.25) is 18.7 Å². The number of hydrogen-bond acceptors (Lipinski definition) is 6. The molecule has 1 saturated carbocycles. The second kappa shape index (κ2) is 8.38. The fraction of sp³-hybridized carbons (Fsp3) is 0.609. The molecule has 4 aliphatic rings. The first kappa shape index (κ1) is 22.3. The molecule has 0 radical (unpaired) electrons. The Kier molecular flexibility index (Phi) is 5.67. The normalized spacial score (nSPS) is 32.9. The van der Waals surface area contributed by atoms with Crippen LogP contribution in [0.3, 0.4) is 0 Å². The van der Waals surface area contributed by atoms with Crippen LogP contribution in [0.1, 0.15) is 44.7 Å². The third-order valence-electron chi connectivity index (χ3n) is 7.76. The first-order valence-corrected chi connectivity index (χ1v) is 12.6. The number of carbonyl (C=O) groups is 2. The average Bonchev–Trinajstić information content (AvgIpc) is 3.12. The van der Waals surface area contributed by atoms with Crippen molar-refractivity contribution in [2.45, 2.75) is 63.3 Å². The van der Waals surface area contributed by atoms with Gasteiger partial charge in [-0.25, -0.2) is 0 Å². The Morgan fingerprint density at radius 1 is 1.27 bits per heavy atom. The van der Waals surface area contributed by atoms with Gasteiger partial charge in [0.15, 0.2) is 0 Å². The van der Waals surface area contributed by atoms with Crippen LogP contribution >= 0.6 is 0 Å². The highest BCUT2D eigenvalue weighted by Gasteiger charge is 2.55. The number of rotatable bonds is 7. The Labute approximate surface area is 196 Å². The highest BCUT2D eigenvalue weighted by Crippen LogP contribution is 2.48. The molecule has 3 aliphatic heterocycles. The fourth-order valence-electron chi connectivity index (χ4n) is 6.06. The Hall–Kier alpha value is -2.48. The minimum absolute atomic E-state index is 0.0414. The third-order valence-corrected chi connectivity index (χ3v) is 8.17. The molecule has 9 nitrogen and oxygen atoms in total. The molecule has 8 atom stereocenters. The second-order valence-corrected chi connectivity index (χ2v) is 10.5. The average molecular weight is 471 g/mol. The molecule has 33 heavy (non-hydrogen) atoms. The molecule has 1 aromatic carbocycles. The molecule has 2 unspecified atom stereocenters. The topological polar surface area (TPSA) is 120 Å². The number of benzene rings is 1. The Bertz CT molecular complexity index is 1030. The number of nitriles is 1. The van der Waals surface area contributed by atoms with Crippen LogP contribution in [0.4, 0.5) is 5.69 Å². The Morgan fingerprint density at radius 3 is 2.64 bits per heavy atom. The van der Waals surface area contributed by atoms with E-state index in [1.807, 2.05) is 30.9 Å². The summed E-state index contributed by atoms with van der Waals surface area (Å²) in [5.41, 5.74) is 1.43. The highest BCUT2D eigenvalue weighted by atomic mass is 32.2. The number of nitrogens with one attached hydrogen (secondary N) is 1. The molecule has 1 aliphatic carbocycles. The molecule has 0 aromatic heterocycles. The summed E-state index contributed by atoms with van der Waals surface area (Å²) in [5.74, 6) is 0.377. The van der Waals surface area contributed by atoms with E-state index in [0.717, 1.165) is 31.4 Å². The number of piperazine rings is 1. The van der Waals surface area contributed by atoms with E-state index >= 15 is 0 Å². The van der Waals surface area contributed by atoms with Crippen LogP contribution in [-0.2, 0) is 20.9 Å². The van der Waals surface area contributed by atoms with Crippen LogP contribution in [0.2, 0.25) is 0 Å². The molecular formula is C23H28N5O4S-. The number of amides is 2. The fourth-order valence-corrected chi connectivity index (χ4v) is 6.39. The summed E-state index contributed by atoms with van der Waals surface area (Å²) in [7, 11) is 0. The molecular weight excluding hydrogens is 442 g/mol. The summed E-state index contributed by atoms with van der Waals surface area (Å²) in [6.45, 7) is 5.17. The first-order valence-electron chi connectivity index (χ1n) is 11.5. The minimum atomic E-state index is -2.37. The van der Waals surface area contributed by atoms with Crippen molar-refractivity contribution in [3.05, 3.63) is 29.8 Å². The van der Waals surface area contributed by atoms with Crippen molar-refractivity contribution < 1.29 is 18.4 Å². The standard InChI is InChI=1S/C23H29N5O4S/c1-13(22(29)28-18(10-24)7-16-8-20(16)28)11-26-12-19-9-21(26)23(30)27(19)14(2)15-3-5-17(6-4-15)25-33(31)32/h3-6,13-14,16,18-21,25H,7-9,11-12H2,1-2H3,(H,31,32)/p-1/t13-,14-,16+,18-,19+,20?,21+/m0/s1. The van der Waals surface area contributed by atoms with Crippen LogP contribution in [0, 0.1) is 23.2 Å². The number of fused-ring (bicyclic) bond motifs is 3. The molecule has 2 bridgehead atoms. The number of nitrogens with zero attached hydrogens (tertiary/aromatic N) is 4. The lowest BCUT2D eigenvalue weighted by Crippen LogP contribution is -2.53. The van der Waals surface area contributed by atoms with Crippen molar-refractivity contribution >= 4 is 28.8 Å². The van der Waals surface area contributed by atoms with Crippen molar-refractivity contribution in [2.75, 3.05) is 17.8 Å². The first-order chi connectivity index (χ1) is 15.8. The quantitative estimate of drug-likeness (QED) is 0.602. The van der Waals surface area contributed by atoms with Crippen molar-refractivity contribution in [1.29, 1.82) is 5.26 Å². The molecule has 2 amide bonds. The summed E-state index contributed by atoms with van der Waals surface area (Å²) >= 11 is -2.37. The van der Waals surface area contributed by atoms with E-state index in [-0.39, 0.29) is 47.9 Å². The molecule has 0 spiro atoms. The van der Waals surface area contributed by atoms with E-state index in [9.17, 15) is 23.6 Å². The third kappa shape index (κ3) is 3.92. The number of anilines is 1. The van der Waals surface area contributed by atoms with Gasteiger partial charge in [-0.1, -0.05) is 19.1 Å². The lowest BCUT2D eigenvalue weighted by molar-refractivity contribution is -0.142. The highest BCUT2D eigenvalue weighted by molar-refractivity contribution is 7.80. The number of piperidine rings is 1. The van der Waals surface area contributed by atoms with Crippen LogP contribution < -0.4 is 4.72 Å². The lowest BCUT2D eigenvalue weighted by Gasteiger charge is -2.38. The van der Waals surface area contributed by atoms with Crippen LogP contribution in [0.5, 0.6) is 0 Å². The SMILES string of the molecule is C[C@@H](CN1C[C@H]2C[C@@H]1C(=O)N2[C@@H](C)c1ccc(NS(=O)[O-])cc1)C(=O)N1C2C[C@H]2C[C@H]1C#N. The van der Waals surface area contributed by atoms with Gasteiger partial charge in [0.2, 0.25) is 11.8 Å². The summed E-state index contributed by atoms with van der Waals surface area (Å²) in [6.07, 6.45) is 2.57. The van der Waals surface area contributed by atoms with Crippen molar-refractivity contribution in [3.63, 3.8) is 0 Å². The molecule has 10 heteroatoms. The Balaban J connectivity index is 1.21. The second-order valence-electron chi connectivity index (χ2n) is 9.83. The van der Waals surface area contributed by atoms with Gasteiger partial charge in [0.25, 0.3) is 0 Å². The number of likely N-dealkylation sites (tertiary alicyclic amines) is 3. The van der Waals surface area contributed by atoms with Gasteiger partial charge in [-0.2, -0.15) is 5.26 Å². The Morgan fingerprint density at radius 2 is 2.00 bits per heavy atom. The van der Waals surface area contributed by atoms with Gasteiger partial charge in [0.1, 0.15) is 6.04 Å². The van der Waals surface area contributed by atoms with E-state index < -0.39 is 11.3 Å². The van der Waals surface area contributed by atoms with Gasteiger partial charge >= 0.3 is 0 Å². The zero-order chi connectivity index (χ0) is 23.4. The van der Waals surface area contributed by atoms with Gasteiger partial charge in [0.05, 0.1) is 18.2 Å². The maximum absolute atomic E-state index is 13.2. The monoisotopic (exact) mass is 470 g/mol. The van der Waals surface area contributed by atoms with Gasteiger partial charge in [-0.15, -0.1) is 0 Å². The van der Waals surface area contributed by atoms with E-state index in [0.29, 0.717) is 18.2 Å². The molecule has 5 rings (SSSR count). The maximum atomic E-state index is 13.2. The van der Waals surface area contributed by atoms with Crippen molar-refractivity contribution in [2.24, 2.45) is 11.8 Å². The molecule has 1 aromatic rings. The zero-order valence-electron chi connectivity index (χ0n) is 18.7. The van der Waals surface area contributed by atoms with Crippen LogP contribution in [-0.4, -0.2) is 72.5 Å². The zero-order valence-corrected chi connectivity index (χ0v) is 19.5. The molecule has 3 heterocycles. The van der Waals surface area contributed by atoms with Crippen molar-refractivity contribution in [1.82, 2.24) is 14.7 Å². The van der Waals surface area contributed by atoms with Crippen LogP contribution in [0.15, 0.2) is 24.3 Å². The molecule has 176 valence electrons. The maximum Gasteiger partial charge on any atom is 0.240 e. The van der Waals surface area contributed by atoms with Gasteiger partial charge < -0.3 is 19.1 Å². The van der Waals surface area contributed by atoms with Gasteiger partial charge in [-0.05, 0) is 49.8 Å². The van der Waals surface area contributed by atoms with E-state index in [2.05, 4.69) is 15.7 Å². The predicted molar refractivity (Wildman–Crippen MR) is 120 cm³/mol.